The van der Waals surface area contributed by atoms with Crippen LogP contribution in [0.2, 0.25) is 0 Å². The van der Waals surface area contributed by atoms with E-state index in [-0.39, 0.29) is 11.9 Å². The van der Waals surface area contributed by atoms with Crippen LogP contribution in [0.4, 0.5) is 0 Å². The minimum atomic E-state index is -0.144. The van der Waals surface area contributed by atoms with Crippen LogP contribution in [0.15, 0.2) is 60.7 Å². The van der Waals surface area contributed by atoms with Crippen molar-refractivity contribution < 1.29 is 4.79 Å². The van der Waals surface area contributed by atoms with Gasteiger partial charge >= 0.3 is 0 Å². The summed E-state index contributed by atoms with van der Waals surface area (Å²) in [5, 5.41) is 3.17. The molecule has 0 aliphatic carbocycles. The van der Waals surface area contributed by atoms with E-state index in [0.29, 0.717) is 5.75 Å². The molecule has 0 saturated carbocycles. The first kappa shape index (κ1) is 18.9. The minimum Gasteiger partial charge on any atom is -0.358 e. The predicted octanol–water partition coefficient (Wildman–Crippen LogP) is 4.40. The summed E-state index contributed by atoms with van der Waals surface area (Å²) in [5.74, 6) is 0.359. The highest BCUT2D eigenvalue weighted by atomic mass is 32.2. The Morgan fingerprint density at radius 1 is 0.962 bits per heavy atom. The maximum Gasteiger partial charge on any atom is 0.231 e. The molecule has 0 aromatic heterocycles. The number of carbonyl (C=O) groups excluding carboxylic acids is 1. The summed E-state index contributed by atoms with van der Waals surface area (Å²) in [4.78, 5) is 14.8. The molecule has 1 fully saturated rings. The molecule has 1 N–H and O–H groups in total. The van der Waals surface area contributed by atoms with Gasteiger partial charge in [-0.15, -0.1) is 0 Å². The molecule has 136 valence electrons. The number of piperidine rings is 1. The van der Waals surface area contributed by atoms with Gasteiger partial charge in [-0.25, -0.2) is 0 Å². The Hall–Kier alpha value is -1.85. The average Bonchev–Trinajstić information content (AvgIpc) is 2.72. The van der Waals surface area contributed by atoms with E-state index in [0.717, 1.165) is 28.5 Å². The van der Waals surface area contributed by atoms with E-state index in [1.54, 1.807) is 0 Å². The third-order valence-corrected chi connectivity index (χ3v) is 6.04. The second-order valence-electron chi connectivity index (χ2n) is 6.42. The normalized spacial score (nSPS) is 14.3. The lowest BCUT2D eigenvalue weighted by Gasteiger charge is -2.28. The third-order valence-electron chi connectivity index (χ3n) is 4.51. The van der Waals surface area contributed by atoms with Gasteiger partial charge in [0.15, 0.2) is 0 Å². The molecule has 0 spiro atoms. The fraction of sp³-hybridized carbons (Fsp3) is 0.333. The topological polar surface area (TPSA) is 32.3 Å². The van der Waals surface area contributed by atoms with Crippen LogP contribution in [0, 0.1) is 0 Å². The van der Waals surface area contributed by atoms with E-state index >= 15 is 0 Å². The Kier molecular flexibility index (Phi) is 7.09. The maximum absolute atomic E-state index is 12.6. The molecule has 1 amide bonds. The molecule has 1 aliphatic rings. The van der Waals surface area contributed by atoms with Gasteiger partial charge in [0.05, 0.1) is 11.8 Å². The SMILES string of the molecule is O=C(CSC(=S)N1CCCCC1)NC(c1ccccc1)c1ccccc1. The number of carbonyl (C=O) groups is 1. The van der Waals surface area contributed by atoms with Crippen LogP contribution in [0.5, 0.6) is 0 Å². The van der Waals surface area contributed by atoms with Gasteiger partial charge in [-0.1, -0.05) is 84.6 Å². The van der Waals surface area contributed by atoms with Crippen LogP contribution in [0.1, 0.15) is 36.4 Å². The van der Waals surface area contributed by atoms with Crippen molar-refractivity contribution in [2.45, 2.75) is 25.3 Å². The zero-order valence-electron chi connectivity index (χ0n) is 14.8. The average molecular weight is 385 g/mol. The van der Waals surface area contributed by atoms with Crippen molar-refractivity contribution in [1.29, 1.82) is 0 Å². The van der Waals surface area contributed by atoms with E-state index in [2.05, 4.69) is 10.2 Å². The van der Waals surface area contributed by atoms with Gasteiger partial charge in [-0.3, -0.25) is 4.79 Å². The number of likely N-dealkylation sites (tertiary alicyclic amines) is 1. The molecule has 2 aromatic carbocycles. The van der Waals surface area contributed by atoms with Gasteiger partial charge in [-0.2, -0.15) is 0 Å². The highest BCUT2D eigenvalue weighted by Crippen LogP contribution is 2.22. The molecule has 3 rings (SSSR count). The van der Waals surface area contributed by atoms with Crippen molar-refractivity contribution in [3.63, 3.8) is 0 Å². The highest BCUT2D eigenvalue weighted by Gasteiger charge is 2.18. The zero-order chi connectivity index (χ0) is 18.2. The lowest BCUT2D eigenvalue weighted by Crippen LogP contribution is -2.35. The van der Waals surface area contributed by atoms with Crippen molar-refractivity contribution in [3.05, 3.63) is 71.8 Å². The lowest BCUT2D eigenvalue weighted by atomic mass is 9.99. The molecule has 0 bridgehead atoms. The Balaban J connectivity index is 1.61. The molecule has 1 heterocycles. The maximum atomic E-state index is 12.6. The monoisotopic (exact) mass is 384 g/mol. The van der Waals surface area contributed by atoms with Gasteiger partial charge in [0.25, 0.3) is 0 Å². The standard InChI is InChI=1S/C21H24N2OS2/c24-19(16-26-21(25)23-14-8-3-9-15-23)22-20(17-10-4-1-5-11-17)18-12-6-2-7-13-18/h1-2,4-7,10-13,20H,3,8-9,14-16H2,(H,22,24). The first-order valence-electron chi connectivity index (χ1n) is 9.05. The van der Waals surface area contributed by atoms with Crippen LogP contribution in [0.3, 0.4) is 0 Å². The largest absolute Gasteiger partial charge is 0.358 e. The van der Waals surface area contributed by atoms with Gasteiger partial charge in [-0.05, 0) is 30.4 Å². The van der Waals surface area contributed by atoms with E-state index in [1.807, 2.05) is 60.7 Å². The number of hydrogen-bond donors (Lipinski definition) is 1. The number of benzene rings is 2. The summed E-state index contributed by atoms with van der Waals surface area (Å²) in [5.41, 5.74) is 2.16. The van der Waals surface area contributed by atoms with Crippen molar-refractivity contribution in [1.82, 2.24) is 10.2 Å². The number of nitrogens with one attached hydrogen (secondary N) is 1. The van der Waals surface area contributed by atoms with Gasteiger partial charge in [0, 0.05) is 13.1 Å². The second-order valence-corrected chi connectivity index (χ2v) is 8.03. The quantitative estimate of drug-likeness (QED) is 0.775. The van der Waals surface area contributed by atoms with Gasteiger partial charge in [0.1, 0.15) is 4.32 Å². The highest BCUT2D eigenvalue weighted by molar-refractivity contribution is 8.23. The Labute approximate surface area is 165 Å². The zero-order valence-corrected chi connectivity index (χ0v) is 16.4. The minimum absolute atomic E-state index is 0.00654. The fourth-order valence-corrected chi connectivity index (χ4v) is 4.21. The fourth-order valence-electron chi connectivity index (χ4n) is 3.15. The summed E-state index contributed by atoms with van der Waals surface area (Å²) < 4.78 is 0.843. The number of amides is 1. The number of rotatable bonds is 5. The van der Waals surface area contributed by atoms with Gasteiger partial charge < -0.3 is 10.2 Å². The summed E-state index contributed by atoms with van der Waals surface area (Å²) in [6, 6.07) is 20.0. The number of hydrogen-bond acceptors (Lipinski definition) is 3. The summed E-state index contributed by atoms with van der Waals surface area (Å²) in [7, 11) is 0. The molecule has 1 aliphatic heterocycles. The number of thioether (sulfide) groups is 1. The van der Waals surface area contributed by atoms with Crippen LogP contribution >= 0.6 is 24.0 Å². The molecule has 0 atom stereocenters. The number of thiocarbonyl (C=S) groups is 1. The first-order chi connectivity index (χ1) is 12.7. The number of nitrogens with zero attached hydrogens (tertiary/aromatic N) is 1. The summed E-state index contributed by atoms with van der Waals surface area (Å²) in [6.07, 6.45) is 3.66. The second kappa shape index (κ2) is 9.74. The van der Waals surface area contributed by atoms with E-state index in [9.17, 15) is 4.79 Å². The predicted molar refractivity (Wildman–Crippen MR) is 113 cm³/mol. The van der Waals surface area contributed by atoms with E-state index in [1.165, 1.54) is 31.0 Å². The molecular formula is C21H24N2OS2. The van der Waals surface area contributed by atoms with Crippen molar-refractivity contribution in [2.75, 3.05) is 18.8 Å². The lowest BCUT2D eigenvalue weighted by molar-refractivity contribution is -0.119. The Morgan fingerprint density at radius 2 is 1.50 bits per heavy atom. The molecule has 26 heavy (non-hydrogen) atoms. The Bertz CT molecular complexity index is 676. The molecule has 5 heteroatoms. The van der Waals surface area contributed by atoms with Gasteiger partial charge in [0.2, 0.25) is 5.91 Å². The van der Waals surface area contributed by atoms with Crippen molar-refractivity contribution in [2.24, 2.45) is 0 Å². The first-order valence-corrected chi connectivity index (χ1v) is 10.4. The van der Waals surface area contributed by atoms with Crippen LogP contribution in [0.25, 0.3) is 0 Å². The molecule has 0 radical (unpaired) electrons. The molecule has 2 aromatic rings. The summed E-state index contributed by atoms with van der Waals surface area (Å²) >= 11 is 6.97. The Morgan fingerprint density at radius 3 is 2.04 bits per heavy atom. The molecule has 3 nitrogen and oxygen atoms in total. The van der Waals surface area contributed by atoms with Crippen molar-refractivity contribution in [3.8, 4) is 0 Å². The van der Waals surface area contributed by atoms with Crippen LogP contribution in [-0.4, -0.2) is 34.0 Å². The third kappa shape index (κ3) is 5.32. The van der Waals surface area contributed by atoms with E-state index in [4.69, 9.17) is 12.2 Å². The molecular weight excluding hydrogens is 360 g/mol. The van der Waals surface area contributed by atoms with Crippen LogP contribution < -0.4 is 5.32 Å². The van der Waals surface area contributed by atoms with Crippen LogP contribution in [-0.2, 0) is 4.79 Å². The van der Waals surface area contributed by atoms with E-state index < -0.39 is 0 Å². The smallest absolute Gasteiger partial charge is 0.231 e. The summed E-state index contributed by atoms with van der Waals surface area (Å²) in [6.45, 7) is 2.04. The van der Waals surface area contributed by atoms with Crippen molar-refractivity contribution >= 4 is 34.2 Å². The molecule has 1 saturated heterocycles. The molecule has 0 unspecified atom stereocenters.